The molecule has 1 aromatic rings. The minimum absolute atomic E-state index is 0. The number of hydrogen-bond acceptors (Lipinski definition) is 4. The van der Waals surface area contributed by atoms with E-state index in [1.165, 1.54) is 6.26 Å². The normalized spacial score (nSPS) is 20.7. The van der Waals surface area contributed by atoms with Gasteiger partial charge in [-0.2, -0.15) is 0 Å². The van der Waals surface area contributed by atoms with E-state index in [0.29, 0.717) is 12.5 Å². The van der Waals surface area contributed by atoms with Gasteiger partial charge < -0.3 is 20.4 Å². The maximum atomic E-state index is 12.4. The summed E-state index contributed by atoms with van der Waals surface area (Å²) in [6, 6.07) is 2.71. The van der Waals surface area contributed by atoms with Crippen LogP contribution in [-0.4, -0.2) is 41.9 Å². The third kappa shape index (κ3) is 4.48. The summed E-state index contributed by atoms with van der Waals surface area (Å²) in [6.07, 6.45) is 3.44. The van der Waals surface area contributed by atoms with Crippen LogP contribution in [0.25, 0.3) is 0 Å². The predicted octanol–water partition coefficient (Wildman–Crippen LogP) is 1.41. The molecule has 22 heavy (non-hydrogen) atoms. The fraction of sp³-hybridized carbons (Fsp3) is 0.600. The maximum absolute atomic E-state index is 12.4. The van der Waals surface area contributed by atoms with Crippen molar-refractivity contribution >= 4 is 24.2 Å². The van der Waals surface area contributed by atoms with E-state index in [1.54, 1.807) is 24.0 Å². The minimum atomic E-state index is -0.575. The molecule has 0 saturated carbocycles. The van der Waals surface area contributed by atoms with E-state index in [-0.39, 0.29) is 36.0 Å². The zero-order chi connectivity index (χ0) is 15.4. The first-order valence-corrected chi connectivity index (χ1v) is 7.37. The number of furan rings is 1. The van der Waals surface area contributed by atoms with E-state index < -0.39 is 6.04 Å². The van der Waals surface area contributed by atoms with Crippen LogP contribution in [0.5, 0.6) is 0 Å². The molecule has 7 heteroatoms. The molecule has 1 aromatic heterocycles. The standard InChI is InChI=1S/C15H23N3O3.ClH/c1-10(16)12-5-3-7-18(9-12)15(20)11(2)17-14(19)13-6-4-8-21-13;/h4,6,8,10-12H,3,5,7,9,16H2,1-2H3,(H,17,19);1H. The summed E-state index contributed by atoms with van der Waals surface area (Å²) < 4.78 is 5.02. The van der Waals surface area contributed by atoms with Crippen LogP contribution in [0, 0.1) is 5.92 Å². The number of amides is 2. The Morgan fingerprint density at radius 3 is 2.77 bits per heavy atom. The number of piperidine rings is 1. The van der Waals surface area contributed by atoms with Crippen molar-refractivity contribution in [1.29, 1.82) is 0 Å². The molecule has 1 aliphatic heterocycles. The van der Waals surface area contributed by atoms with Gasteiger partial charge in [-0.05, 0) is 44.7 Å². The van der Waals surface area contributed by atoms with Crippen molar-refractivity contribution in [3.8, 4) is 0 Å². The fourth-order valence-electron chi connectivity index (χ4n) is 2.65. The molecule has 1 fully saturated rings. The summed E-state index contributed by atoms with van der Waals surface area (Å²) in [6.45, 7) is 5.06. The topological polar surface area (TPSA) is 88.6 Å². The monoisotopic (exact) mass is 329 g/mol. The van der Waals surface area contributed by atoms with Crippen LogP contribution in [-0.2, 0) is 4.79 Å². The molecule has 0 radical (unpaired) electrons. The van der Waals surface area contributed by atoms with Gasteiger partial charge in [0, 0.05) is 19.1 Å². The smallest absolute Gasteiger partial charge is 0.287 e. The van der Waals surface area contributed by atoms with Gasteiger partial charge in [-0.15, -0.1) is 12.4 Å². The second kappa shape index (κ2) is 8.19. The van der Waals surface area contributed by atoms with Gasteiger partial charge in [-0.1, -0.05) is 0 Å². The zero-order valence-corrected chi connectivity index (χ0v) is 13.8. The number of carbonyl (C=O) groups excluding carboxylic acids is 2. The van der Waals surface area contributed by atoms with Crippen molar-refractivity contribution in [2.45, 2.75) is 38.8 Å². The van der Waals surface area contributed by atoms with Crippen molar-refractivity contribution in [3.63, 3.8) is 0 Å². The molecule has 2 rings (SSSR count). The predicted molar refractivity (Wildman–Crippen MR) is 85.8 cm³/mol. The summed E-state index contributed by atoms with van der Waals surface area (Å²) >= 11 is 0. The van der Waals surface area contributed by atoms with Crippen LogP contribution in [0.1, 0.15) is 37.2 Å². The van der Waals surface area contributed by atoms with E-state index >= 15 is 0 Å². The van der Waals surface area contributed by atoms with Gasteiger partial charge in [0.2, 0.25) is 5.91 Å². The van der Waals surface area contributed by atoms with Crippen LogP contribution >= 0.6 is 12.4 Å². The SMILES string of the molecule is CC(NC(=O)c1ccco1)C(=O)N1CCCC(C(C)N)C1.Cl. The van der Waals surface area contributed by atoms with E-state index in [4.69, 9.17) is 10.2 Å². The summed E-state index contributed by atoms with van der Waals surface area (Å²) in [5, 5.41) is 2.67. The van der Waals surface area contributed by atoms with E-state index in [2.05, 4.69) is 5.32 Å². The molecule has 2 amide bonds. The molecular formula is C15H24ClN3O3. The third-order valence-corrected chi connectivity index (χ3v) is 3.98. The van der Waals surface area contributed by atoms with Crippen molar-refractivity contribution in [2.24, 2.45) is 11.7 Å². The Morgan fingerprint density at radius 2 is 2.18 bits per heavy atom. The first-order valence-electron chi connectivity index (χ1n) is 7.37. The minimum Gasteiger partial charge on any atom is -0.459 e. The molecule has 124 valence electrons. The average molecular weight is 330 g/mol. The van der Waals surface area contributed by atoms with Gasteiger partial charge in [0.25, 0.3) is 5.91 Å². The number of nitrogens with one attached hydrogen (secondary N) is 1. The lowest BCUT2D eigenvalue weighted by atomic mass is 9.92. The Morgan fingerprint density at radius 1 is 1.45 bits per heavy atom. The molecular weight excluding hydrogens is 306 g/mol. The third-order valence-electron chi connectivity index (χ3n) is 3.98. The number of halogens is 1. The van der Waals surface area contributed by atoms with Gasteiger partial charge in [0.05, 0.1) is 6.26 Å². The van der Waals surface area contributed by atoms with Gasteiger partial charge in [0.15, 0.2) is 5.76 Å². The van der Waals surface area contributed by atoms with E-state index in [1.807, 2.05) is 6.92 Å². The van der Waals surface area contributed by atoms with Crippen molar-refractivity contribution in [2.75, 3.05) is 13.1 Å². The average Bonchev–Trinajstić information content (AvgIpc) is 3.00. The van der Waals surface area contributed by atoms with Gasteiger partial charge in [-0.25, -0.2) is 0 Å². The van der Waals surface area contributed by atoms with Crippen LogP contribution in [0.15, 0.2) is 22.8 Å². The lowest BCUT2D eigenvalue weighted by Gasteiger charge is -2.36. The Kier molecular flexibility index (Phi) is 6.90. The highest BCUT2D eigenvalue weighted by Crippen LogP contribution is 2.19. The molecule has 0 spiro atoms. The van der Waals surface area contributed by atoms with Gasteiger partial charge in [-0.3, -0.25) is 9.59 Å². The summed E-state index contributed by atoms with van der Waals surface area (Å²) in [5.41, 5.74) is 5.93. The Labute approximate surface area is 136 Å². The van der Waals surface area contributed by atoms with Crippen molar-refractivity contribution in [3.05, 3.63) is 24.2 Å². The highest BCUT2D eigenvalue weighted by atomic mass is 35.5. The summed E-state index contributed by atoms with van der Waals surface area (Å²) in [4.78, 5) is 26.1. The van der Waals surface area contributed by atoms with Gasteiger partial charge >= 0.3 is 0 Å². The lowest BCUT2D eigenvalue weighted by molar-refractivity contribution is -0.134. The maximum Gasteiger partial charge on any atom is 0.287 e. The number of nitrogens with zero attached hydrogens (tertiary/aromatic N) is 1. The van der Waals surface area contributed by atoms with Crippen LogP contribution in [0.3, 0.4) is 0 Å². The molecule has 1 saturated heterocycles. The highest BCUT2D eigenvalue weighted by Gasteiger charge is 2.29. The molecule has 2 heterocycles. The largest absolute Gasteiger partial charge is 0.459 e. The van der Waals surface area contributed by atoms with E-state index in [9.17, 15) is 9.59 Å². The van der Waals surface area contributed by atoms with E-state index in [0.717, 1.165) is 19.4 Å². The quantitative estimate of drug-likeness (QED) is 0.874. The number of hydrogen-bond donors (Lipinski definition) is 2. The van der Waals surface area contributed by atoms with Crippen LogP contribution in [0.4, 0.5) is 0 Å². The van der Waals surface area contributed by atoms with Crippen LogP contribution < -0.4 is 11.1 Å². The number of likely N-dealkylation sites (tertiary alicyclic amines) is 1. The molecule has 1 aliphatic rings. The molecule has 0 aliphatic carbocycles. The van der Waals surface area contributed by atoms with Crippen molar-refractivity contribution in [1.82, 2.24) is 10.2 Å². The number of nitrogens with two attached hydrogens (primary N) is 1. The first-order chi connectivity index (χ1) is 9.99. The number of rotatable bonds is 4. The zero-order valence-electron chi connectivity index (χ0n) is 13.0. The summed E-state index contributed by atoms with van der Waals surface area (Å²) in [7, 11) is 0. The van der Waals surface area contributed by atoms with Crippen molar-refractivity contribution < 1.29 is 14.0 Å². The highest BCUT2D eigenvalue weighted by molar-refractivity contribution is 5.95. The molecule has 6 nitrogen and oxygen atoms in total. The summed E-state index contributed by atoms with van der Waals surface area (Å²) in [5.74, 6) is 0.0966. The molecule has 3 unspecified atom stereocenters. The molecule has 0 aromatic carbocycles. The second-order valence-electron chi connectivity index (χ2n) is 5.72. The van der Waals surface area contributed by atoms with Gasteiger partial charge in [0.1, 0.15) is 6.04 Å². The molecule has 3 atom stereocenters. The second-order valence-corrected chi connectivity index (χ2v) is 5.72. The molecule has 3 N–H and O–H groups in total. The Hall–Kier alpha value is -1.53. The molecule has 0 bridgehead atoms. The lowest BCUT2D eigenvalue weighted by Crippen LogP contribution is -2.51. The first kappa shape index (κ1) is 18.5. The fourth-order valence-corrected chi connectivity index (χ4v) is 2.65. The Bertz CT molecular complexity index is 490. The van der Waals surface area contributed by atoms with Crippen LogP contribution in [0.2, 0.25) is 0 Å². The number of carbonyl (C=O) groups is 2. The Balaban J connectivity index is 0.00000242.